The van der Waals surface area contributed by atoms with E-state index in [4.69, 9.17) is 4.74 Å². The molecule has 0 N–H and O–H groups in total. The van der Waals surface area contributed by atoms with Crippen LogP contribution < -0.4 is 4.74 Å². The molecule has 0 bridgehead atoms. The number of alkyl halides is 1. The van der Waals surface area contributed by atoms with Gasteiger partial charge in [-0.2, -0.15) is 0 Å². The Kier molecular flexibility index (Phi) is 13.5. The molecule has 2 aliphatic carbocycles. The summed E-state index contributed by atoms with van der Waals surface area (Å²) in [6.45, 7) is 4.64. The third-order valence-corrected chi connectivity index (χ3v) is 9.07. The Balaban J connectivity index is 1.26. The number of halogens is 1. The molecule has 1 aromatic rings. The molecular weight excluding hydrogens is 433 g/mol. The topological polar surface area (TPSA) is 22.1 Å². The van der Waals surface area contributed by atoms with E-state index in [0.717, 1.165) is 48.6 Å². The summed E-state index contributed by atoms with van der Waals surface area (Å²) >= 11 is 0. The van der Waals surface area contributed by atoms with E-state index in [2.05, 4.69) is 24.9 Å². The summed E-state index contributed by atoms with van der Waals surface area (Å²) in [5.41, 5.74) is 1.15. The zero-order valence-electron chi connectivity index (χ0n) is 23.0. The lowest BCUT2D eigenvalue weighted by atomic mass is 9.68. The van der Waals surface area contributed by atoms with Gasteiger partial charge in [-0.25, -0.2) is 4.39 Å². The zero-order chi connectivity index (χ0) is 24.7. The van der Waals surface area contributed by atoms with Crippen LogP contribution in [0, 0.1) is 23.7 Å². The van der Waals surface area contributed by atoms with E-state index in [1.165, 1.54) is 96.3 Å². The average Bonchev–Trinajstić information content (AvgIpc) is 2.90. The highest BCUT2D eigenvalue weighted by Gasteiger charge is 2.30. The Hall–Kier alpha value is -1.12. The molecule has 3 heteroatoms. The van der Waals surface area contributed by atoms with Crippen LogP contribution in [0.1, 0.15) is 135 Å². The van der Waals surface area contributed by atoms with Crippen LogP contribution in [0.15, 0.2) is 18.3 Å². The third-order valence-electron chi connectivity index (χ3n) is 9.07. The van der Waals surface area contributed by atoms with Gasteiger partial charge in [0.25, 0.3) is 0 Å². The molecule has 2 saturated carbocycles. The van der Waals surface area contributed by atoms with Crippen molar-refractivity contribution in [2.24, 2.45) is 23.7 Å². The van der Waals surface area contributed by atoms with Crippen molar-refractivity contribution in [2.45, 2.75) is 142 Å². The molecule has 0 aromatic carbocycles. The fourth-order valence-electron chi connectivity index (χ4n) is 6.64. The van der Waals surface area contributed by atoms with Gasteiger partial charge < -0.3 is 4.74 Å². The highest BCUT2D eigenvalue weighted by molar-refractivity contribution is 5.20. The Morgan fingerprint density at radius 3 is 2.03 bits per heavy atom. The summed E-state index contributed by atoms with van der Waals surface area (Å²) in [6.07, 6.45) is 25.8. The van der Waals surface area contributed by atoms with Crippen molar-refractivity contribution in [2.75, 3.05) is 6.61 Å². The van der Waals surface area contributed by atoms with Crippen LogP contribution in [0.4, 0.5) is 4.39 Å². The first-order chi connectivity index (χ1) is 17.2. The summed E-state index contributed by atoms with van der Waals surface area (Å²) < 4.78 is 19.6. The van der Waals surface area contributed by atoms with Crippen LogP contribution in [0.3, 0.4) is 0 Å². The second kappa shape index (κ2) is 16.6. The molecule has 35 heavy (non-hydrogen) atoms. The van der Waals surface area contributed by atoms with Gasteiger partial charge in [-0.05, 0) is 80.8 Å². The van der Waals surface area contributed by atoms with Crippen molar-refractivity contribution < 1.29 is 9.13 Å². The summed E-state index contributed by atoms with van der Waals surface area (Å²) in [7, 11) is 0. The number of aryl methyl sites for hydroxylation is 1. The first-order valence-electron chi connectivity index (χ1n) is 15.4. The standard InChI is InChI=1S/C32H54FNO/c1-3-5-7-9-11-30(33)25-35-32-23-22-31(34-24-32)21-16-27-14-19-29(20-15-27)28-17-12-26(13-18-28)10-8-6-4-2/h22-24,26-30H,3-21,25H2,1-2H3. The molecule has 1 aromatic heterocycles. The van der Waals surface area contributed by atoms with Crippen LogP contribution in [0.2, 0.25) is 0 Å². The number of unbranched alkanes of at least 4 members (excludes halogenated alkanes) is 5. The first-order valence-corrected chi connectivity index (χ1v) is 15.4. The number of pyridine rings is 1. The minimum absolute atomic E-state index is 0.150. The van der Waals surface area contributed by atoms with Crippen LogP contribution in [-0.2, 0) is 6.42 Å². The molecule has 1 heterocycles. The van der Waals surface area contributed by atoms with Gasteiger partial charge in [-0.15, -0.1) is 0 Å². The number of nitrogens with zero attached hydrogens (tertiary/aromatic N) is 1. The van der Waals surface area contributed by atoms with Crippen LogP contribution in [-0.4, -0.2) is 17.8 Å². The van der Waals surface area contributed by atoms with Crippen molar-refractivity contribution in [3.63, 3.8) is 0 Å². The van der Waals surface area contributed by atoms with Crippen molar-refractivity contribution in [1.82, 2.24) is 4.98 Å². The van der Waals surface area contributed by atoms with Gasteiger partial charge >= 0.3 is 0 Å². The molecule has 200 valence electrons. The number of hydrogen-bond donors (Lipinski definition) is 0. The minimum Gasteiger partial charge on any atom is -0.489 e. The van der Waals surface area contributed by atoms with Crippen molar-refractivity contribution in [1.29, 1.82) is 0 Å². The largest absolute Gasteiger partial charge is 0.489 e. The van der Waals surface area contributed by atoms with Gasteiger partial charge in [-0.1, -0.05) is 90.9 Å². The molecule has 0 spiro atoms. The summed E-state index contributed by atoms with van der Waals surface area (Å²) in [5, 5.41) is 0. The third kappa shape index (κ3) is 10.8. The molecule has 0 saturated heterocycles. The van der Waals surface area contributed by atoms with Gasteiger partial charge in [-0.3, -0.25) is 4.98 Å². The number of hydrogen-bond acceptors (Lipinski definition) is 2. The highest BCUT2D eigenvalue weighted by atomic mass is 19.1. The Morgan fingerprint density at radius 2 is 1.43 bits per heavy atom. The monoisotopic (exact) mass is 487 g/mol. The van der Waals surface area contributed by atoms with Crippen LogP contribution in [0.25, 0.3) is 0 Å². The summed E-state index contributed by atoms with van der Waals surface area (Å²) in [6, 6.07) is 4.05. The maximum atomic E-state index is 14.0. The number of rotatable bonds is 16. The first kappa shape index (κ1) is 28.5. The molecule has 1 unspecified atom stereocenters. The fraction of sp³-hybridized carbons (Fsp3) is 0.844. The Labute approximate surface area is 216 Å². The van der Waals surface area contributed by atoms with Gasteiger partial charge in [0.1, 0.15) is 18.5 Å². The Bertz CT molecular complexity index is 646. The van der Waals surface area contributed by atoms with Gasteiger partial charge in [0, 0.05) is 5.69 Å². The number of ether oxygens (including phenoxy) is 1. The van der Waals surface area contributed by atoms with Gasteiger partial charge in [0.2, 0.25) is 0 Å². The smallest absolute Gasteiger partial charge is 0.137 e. The van der Waals surface area contributed by atoms with Crippen LogP contribution >= 0.6 is 0 Å². The normalized spacial score (nSPS) is 25.9. The summed E-state index contributed by atoms with van der Waals surface area (Å²) in [5.74, 6) is 4.63. The second-order valence-electron chi connectivity index (χ2n) is 11.8. The van der Waals surface area contributed by atoms with E-state index in [1.807, 2.05) is 6.07 Å². The van der Waals surface area contributed by atoms with E-state index in [-0.39, 0.29) is 6.61 Å². The molecule has 0 aliphatic heterocycles. The lowest BCUT2D eigenvalue weighted by molar-refractivity contribution is 0.140. The molecule has 2 aliphatic rings. The average molecular weight is 488 g/mol. The fourth-order valence-corrected chi connectivity index (χ4v) is 6.64. The lowest BCUT2D eigenvalue weighted by Crippen LogP contribution is -2.26. The quantitative estimate of drug-likeness (QED) is 0.216. The lowest BCUT2D eigenvalue weighted by Gasteiger charge is -2.38. The molecule has 0 amide bonds. The molecular formula is C32H54FNO. The van der Waals surface area contributed by atoms with Crippen LogP contribution in [0.5, 0.6) is 5.75 Å². The molecule has 2 fully saturated rings. The van der Waals surface area contributed by atoms with E-state index >= 15 is 0 Å². The van der Waals surface area contributed by atoms with Crippen molar-refractivity contribution >= 4 is 0 Å². The van der Waals surface area contributed by atoms with Crippen molar-refractivity contribution in [3.8, 4) is 5.75 Å². The maximum Gasteiger partial charge on any atom is 0.137 e. The van der Waals surface area contributed by atoms with Crippen molar-refractivity contribution in [3.05, 3.63) is 24.0 Å². The zero-order valence-corrected chi connectivity index (χ0v) is 23.0. The van der Waals surface area contributed by atoms with E-state index in [9.17, 15) is 4.39 Å². The molecule has 1 atom stereocenters. The maximum absolute atomic E-state index is 14.0. The van der Waals surface area contributed by atoms with E-state index in [1.54, 1.807) is 6.20 Å². The van der Waals surface area contributed by atoms with Gasteiger partial charge in [0.05, 0.1) is 6.20 Å². The van der Waals surface area contributed by atoms with E-state index in [0.29, 0.717) is 12.2 Å². The molecule has 0 radical (unpaired) electrons. The van der Waals surface area contributed by atoms with Gasteiger partial charge in [0.15, 0.2) is 0 Å². The molecule has 2 nitrogen and oxygen atoms in total. The summed E-state index contributed by atoms with van der Waals surface area (Å²) in [4.78, 5) is 4.60. The second-order valence-corrected chi connectivity index (χ2v) is 11.8. The predicted octanol–water partition coefficient (Wildman–Crippen LogP) is 9.89. The molecule has 3 rings (SSSR count). The SMILES string of the molecule is CCCCCCC(F)COc1ccc(CCC2CCC(C3CCC(CCCCC)CC3)CC2)nc1. The van der Waals surface area contributed by atoms with E-state index < -0.39 is 6.17 Å². The number of aromatic nitrogens is 1. The minimum atomic E-state index is -0.873. The highest BCUT2D eigenvalue weighted by Crippen LogP contribution is 2.43. The predicted molar refractivity (Wildman–Crippen MR) is 147 cm³/mol. The Morgan fingerprint density at radius 1 is 0.800 bits per heavy atom.